The summed E-state index contributed by atoms with van der Waals surface area (Å²) in [6.07, 6.45) is 0. The SMILES string of the molecule is c1ccc2cc3c(cc2c1)c1c(-n2c4ccccc4c4c5ccccc5ccc42)cccc1n3-c1nc2ccccc2nc1-c1cccc2ccccc12. The van der Waals surface area contributed by atoms with Crippen LogP contribution in [0.5, 0.6) is 0 Å². The first-order valence-electron chi connectivity index (χ1n) is 18.4. The molecule has 4 nitrogen and oxygen atoms in total. The molecule has 9 aromatic carbocycles. The Kier molecular flexibility index (Phi) is 6.02. The third-order valence-corrected chi connectivity index (χ3v) is 11.2. The van der Waals surface area contributed by atoms with E-state index in [0.29, 0.717) is 0 Å². The van der Waals surface area contributed by atoms with Crippen LogP contribution in [0.1, 0.15) is 0 Å². The molecule has 0 fully saturated rings. The Labute approximate surface area is 309 Å². The van der Waals surface area contributed by atoms with Crippen molar-refractivity contribution >= 4 is 87.0 Å². The summed E-state index contributed by atoms with van der Waals surface area (Å²) >= 11 is 0. The topological polar surface area (TPSA) is 35.6 Å². The average molecular weight is 687 g/mol. The zero-order valence-corrected chi connectivity index (χ0v) is 29.1. The van der Waals surface area contributed by atoms with Crippen LogP contribution < -0.4 is 0 Å². The molecule has 0 bridgehead atoms. The third kappa shape index (κ3) is 4.08. The number of rotatable bonds is 3. The van der Waals surface area contributed by atoms with Crippen LogP contribution in [0.15, 0.2) is 182 Å². The minimum atomic E-state index is 0.811. The molecule has 0 aliphatic heterocycles. The lowest BCUT2D eigenvalue weighted by Gasteiger charge is -2.15. The molecule has 0 unspecified atom stereocenters. The van der Waals surface area contributed by atoms with Crippen molar-refractivity contribution in [3.05, 3.63) is 182 Å². The second-order valence-electron chi connectivity index (χ2n) is 14.2. The molecule has 12 aromatic rings. The zero-order chi connectivity index (χ0) is 35.3. The van der Waals surface area contributed by atoms with E-state index in [1.54, 1.807) is 0 Å². The van der Waals surface area contributed by atoms with Crippen LogP contribution >= 0.6 is 0 Å². The van der Waals surface area contributed by atoms with E-state index in [9.17, 15) is 0 Å². The van der Waals surface area contributed by atoms with Gasteiger partial charge in [0.25, 0.3) is 0 Å². The highest BCUT2D eigenvalue weighted by atomic mass is 15.1. The maximum atomic E-state index is 5.50. The maximum absolute atomic E-state index is 5.50. The van der Waals surface area contributed by atoms with Gasteiger partial charge in [0, 0.05) is 27.1 Å². The average Bonchev–Trinajstić information content (AvgIpc) is 3.75. The molecule has 0 radical (unpaired) electrons. The van der Waals surface area contributed by atoms with Gasteiger partial charge in [0.15, 0.2) is 5.82 Å². The Balaban J connectivity index is 1.27. The summed E-state index contributed by atoms with van der Waals surface area (Å²) in [6.45, 7) is 0. The first-order valence-corrected chi connectivity index (χ1v) is 18.4. The van der Waals surface area contributed by atoms with Crippen molar-refractivity contribution in [1.82, 2.24) is 19.1 Å². The van der Waals surface area contributed by atoms with Crippen molar-refractivity contribution in [3.8, 4) is 22.8 Å². The molecule has 0 atom stereocenters. The van der Waals surface area contributed by atoms with E-state index in [0.717, 1.165) is 50.2 Å². The van der Waals surface area contributed by atoms with Crippen LogP contribution in [0.4, 0.5) is 0 Å². The molecule has 0 aliphatic carbocycles. The van der Waals surface area contributed by atoms with Crippen LogP contribution in [-0.4, -0.2) is 19.1 Å². The number of nitrogens with zero attached hydrogens (tertiary/aromatic N) is 4. The quantitative estimate of drug-likeness (QED) is 0.185. The Morgan fingerprint density at radius 1 is 0.333 bits per heavy atom. The summed E-state index contributed by atoms with van der Waals surface area (Å²) in [6, 6.07) is 65.4. The van der Waals surface area contributed by atoms with Gasteiger partial charge in [-0.15, -0.1) is 0 Å². The fourth-order valence-corrected chi connectivity index (χ4v) is 8.91. The highest BCUT2D eigenvalue weighted by Gasteiger charge is 2.24. The Morgan fingerprint density at radius 3 is 1.76 bits per heavy atom. The van der Waals surface area contributed by atoms with Gasteiger partial charge in [0.05, 0.1) is 38.8 Å². The first-order chi connectivity index (χ1) is 26.8. The van der Waals surface area contributed by atoms with Crippen LogP contribution in [0, 0.1) is 0 Å². The largest absolute Gasteiger partial charge is 0.309 e. The van der Waals surface area contributed by atoms with Gasteiger partial charge in [-0.1, -0.05) is 133 Å². The molecule has 0 saturated carbocycles. The molecular formula is C50H30N4. The van der Waals surface area contributed by atoms with Crippen molar-refractivity contribution < 1.29 is 0 Å². The predicted molar refractivity (Wildman–Crippen MR) is 226 cm³/mol. The molecule has 4 heteroatoms. The van der Waals surface area contributed by atoms with Gasteiger partial charge >= 0.3 is 0 Å². The molecular weight excluding hydrogens is 657 g/mol. The highest BCUT2D eigenvalue weighted by Crippen LogP contribution is 2.44. The normalized spacial score (nSPS) is 12.1. The minimum absolute atomic E-state index is 0.811. The van der Waals surface area contributed by atoms with E-state index in [-0.39, 0.29) is 0 Å². The standard InChI is InChI=1S/C50H30N4/c1-2-16-34-30-46-39(29-33(34)15-1)48-43(53-42-24-10-7-20-38(42)47-36-19-6-4-14-32(36)27-28-45(47)53)25-12-26-44(48)54(46)50-49(51-40-22-8-9-23-41(40)52-50)37-21-11-17-31-13-3-5-18-35(31)37/h1-30H. The molecule has 0 spiro atoms. The Morgan fingerprint density at radius 2 is 0.926 bits per heavy atom. The molecule has 3 aromatic heterocycles. The summed E-state index contributed by atoms with van der Waals surface area (Å²) in [5, 5.41) is 12.1. The summed E-state index contributed by atoms with van der Waals surface area (Å²) < 4.78 is 4.83. The molecule has 0 amide bonds. The van der Waals surface area contributed by atoms with E-state index in [2.05, 4.69) is 179 Å². The molecule has 3 heterocycles. The van der Waals surface area contributed by atoms with Crippen molar-refractivity contribution in [2.75, 3.05) is 0 Å². The fourth-order valence-electron chi connectivity index (χ4n) is 8.91. The predicted octanol–water partition coefficient (Wildman–Crippen LogP) is 13.0. The summed E-state index contributed by atoms with van der Waals surface area (Å²) in [5.41, 5.74) is 9.31. The van der Waals surface area contributed by atoms with Gasteiger partial charge in [0.1, 0.15) is 5.69 Å². The van der Waals surface area contributed by atoms with E-state index in [1.807, 2.05) is 12.1 Å². The number of hydrogen-bond donors (Lipinski definition) is 0. The number of hydrogen-bond acceptors (Lipinski definition) is 2. The molecule has 12 rings (SSSR count). The van der Waals surface area contributed by atoms with Crippen LogP contribution in [0.25, 0.3) is 110 Å². The number of para-hydroxylation sites is 3. The minimum Gasteiger partial charge on any atom is -0.309 e. The van der Waals surface area contributed by atoms with Crippen molar-refractivity contribution in [3.63, 3.8) is 0 Å². The Bertz CT molecular complexity index is 3510. The highest BCUT2D eigenvalue weighted by molar-refractivity contribution is 6.23. The summed E-state index contributed by atoms with van der Waals surface area (Å²) in [4.78, 5) is 10.9. The van der Waals surface area contributed by atoms with Crippen LogP contribution in [0.2, 0.25) is 0 Å². The van der Waals surface area contributed by atoms with Crippen molar-refractivity contribution in [2.45, 2.75) is 0 Å². The van der Waals surface area contributed by atoms with Gasteiger partial charge in [-0.25, -0.2) is 9.97 Å². The molecule has 0 saturated heterocycles. The molecule has 250 valence electrons. The van der Waals surface area contributed by atoms with Crippen LogP contribution in [0.3, 0.4) is 0 Å². The van der Waals surface area contributed by atoms with Gasteiger partial charge in [-0.2, -0.15) is 0 Å². The lowest BCUT2D eigenvalue weighted by Crippen LogP contribution is -2.04. The molecule has 54 heavy (non-hydrogen) atoms. The van der Waals surface area contributed by atoms with E-state index in [1.165, 1.54) is 59.5 Å². The van der Waals surface area contributed by atoms with Crippen molar-refractivity contribution in [2.24, 2.45) is 0 Å². The Hall–Kier alpha value is -7.30. The third-order valence-electron chi connectivity index (χ3n) is 11.2. The maximum Gasteiger partial charge on any atom is 0.165 e. The van der Waals surface area contributed by atoms with E-state index >= 15 is 0 Å². The smallest absolute Gasteiger partial charge is 0.165 e. The second-order valence-corrected chi connectivity index (χ2v) is 14.2. The summed E-state index contributed by atoms with van der Waals surface area (Å²) in [7, 11) is 0. The van der Waals surface area contributed by atoms with E-state index in [4.69, 9.17) is 9.97 Å². The fraction of sp³-hybridized carbons (Fsp3) is 0. The van der Waals surface area contributed by atoms with Gasteiger partial charge in [-0.05, 0) is 80.8 Å². The number of aromatic nitrogens is 4. The van der Waals surface area contributed by atoms with E-state index < -0.39 is 0 Å². The zero-order valence-electron chi connectivity index (χ0n) is 29.1. The number of benzene rings is 9. The van der Waals surface area contributed by atoms with Crippen LogP contribution in [-0.2, 0) is 0 Å². The van der Waals surface area contributed by atoms with Crippen molar-refractivity contribution in [1.29, 1.82) is 0 Å². The van der Waals surface area contributed by atoms with Gasteiger partial charge in [-0.3, -0.25) is 4.57 Å². The lowest BCUT2D eigenvalue weighted by atomic mass is 10.0. The van der Waals surface area contributed by atoms with Gasteiger partial charge < -0.3 is 4.57 Å². The lowest BCUT2D eigenvalue weighted by molar-refractivity contribution is 1.08. The first kappa shape index (κ1) is 29.3. The molecule has 0 N–H and O–H groups in total. The second kappa shape index (κ2) is 11.1. The summed E-state index contributed by atoms with van der Waals surface area (Å²) in [5.74, 6) is 0.811. The van der Waals surface area contributed by atoms with Gasteiger partial charge in [0.2, 0.25) is 0 Å². The number of fused-ring (bicyclic) bond motifs is 11. The monoisotopic (exact) mass is 686 g/mol. The molecule has 0 aliphatic rings.